The van der Waals surface area contributed by atoms with Gasteiger partial charge in [-0.15, -0.1) is 0 Å². The molecule has 0 radical (unpaired) electrons. The average Bonchev–Trinajstić information content (AvgIpc) is 3.08. The van der Waals surface area contributed by atoms with Gasteiger partial charge in [0.1, 0.15) is 18.4 Å². The standard InChI is InChI=1S/C26H29N3O5/c30-24-9-3-7-22(25(31)27-24)29-16-21-20(26(29)32)6-2-8-23(21)34-17-19-5-1-4-18(14-19)15-28-10-12-33-13-11-28/h1-2,4-6,8,14,22H,3,7,9-13,15-17H2,(H,27,30,31)/t22-/m0/s1. The van der Waals surface area contributed by atoms with Crippen molar-refractivity contribution < 1.29 is 23.9 Å². The predicted molar refractivity (Wildman–Crippen MR) is 124 cm³/mol. The molecule has 0 aromatic heterocycles. The molecule has 0 bridgehead atoms. The van der Waals surface area contributed by atoms with Gasteiger partial charge in [-0.05, 0) is 36.1 Å². The SMILES string of the molecule is O=C1CCC[C@H](N2Cc3c(OCc4cccc(CN5CCOCC5)c4)cccc3C2=O)C(=O)N1. The Morgan fingerprint density at radius 3 is 2.68 bits per heavy atom. The number of nitrogens with zero attached hydrogens (tertiary/aromatic N) is 2. The van der Waals surface area contributed by atoms with E-state index in [0.717, 1.165) is 44.0 Å². The van der Waals surface area contributed by atoms with Crippen LogP contribution in [0.2, 0.25) is 0 Å². The number of morpholine rings is 1. The van der Waals surface area contributed by atoms with Gasteiger partial charge >= 0.3 is 0 Å². The molecule has 3 aliphatic rings. The maximum Gasteiger partial charge on any atom is 0.255 e. The molecule has 3 heterocycles. The van der Waals surface area contributed by atoms with E-state index in [1.54, 1.807) is 17.0 Å². The van der Waals surface area contributed by atoms with Gasteiger partial charge in [0.15, 0.2) is 0 Å². The van der Waals surface area contributed by atoms with Gasteiger partial charge in [0.2, 0.25) is 11.8 Å². The van der Waals surface area contributed by atoms with Crippen molar-refractivity contribution >= 4 is 17.7 Å². The topological polar surface area (TPSA) is 88.2 Å². The van der Waals surface area contributed by atoms with E-state index in [1.165, 1.54) is 5.56 Å². The number of carbonyl (C=O) groups excluding carboxylic acids is 3. The van der Waals surface area contributed by atoms with Crippen LogP contribution in [0.25, 0.3) is 0 Å². The number of carbonyl (C=O) groups is 3. The lowest BCUT2D eigenvalue weighted by Crippen LogP contribution is -2.46. The molecule has 0 spiro atoms. The summed E-state index contributed by atoms with van der Waals surface area (Å²) in [5, 5.41) is 2.40. The summed E-state index contributed by atoms with van der Waals surface area (Å²) in [5.74, 6) is -0.223. The molecule has 3 aliphatic heterocycles. The summed E-state index contributed by atoms with van der Waals surface area (Å²) < 4.78 is 11.6. The first-order valence-corrected chi connectivity index (χ1v) is 11.9. The smallest absolute Gasteiger partial charge is 0.255 e. The summed E-state index contributed by atoms with van der Waals surface area (Å²) in [5.41, 5.74) is 3.64. The second-order valence-electron chi connectivity index (χ2n) is 9.03. The zero-order valence-corrected chi connectivity index (χ0v) is 19.1. The van der Waals surface area contributed by atoms with Crippen LogP contribution in [0.1, 0.15) is 46.3 Å². The number of amides is 3. The first-order valence-electron chi connectivity index (χ1n) is 11.9. The molecule has 1 atom stereocenters. The van der Waals surface area contributed by atoms with E-state index in [1.807, 2.05) is 18.2 Å². The Kier molecular flexibility index (Phi) is 6.60. The highest BCUT2D eigenvalue weighted by Crippen LogP contribution is 2.34. The Balaban J connectivity index is 1.27. The van der Waals surface area contributed by atoms with Gasteiger partial charge in [-0.3, -0.25) is 24.6 Å². The molecule has 3 amide bonds. The van der Waals surface area contributed by atoms with Crippen LogP contribution in [-0.4, -0.2) is 59.9 Å². The number of rotatable bonds is 6. The summed E-state index contributed by atoms with van der Waals surface area (Å²) in [6, 6.07) is 13.2. The number of ether oxygens (including phenoxy) is 2. The first-order chi connectivity index (χ1) is 16.6. The van der Waals surface area contributed by atoms with Crippen LogP contribution in [0, 0.1) is 0 Å². The molecule has 0 aliphatic carbocycles. The lowest BCUT2D eigenvalue weighted by Gasteiger charge is -2.26. The number of nitrogens with one attached hydrogen (secondary N) is 1. The van der Waals surface area contributed by atoms with Crippen molar-refractivity contribution in [2.24, 2.45) is 0 Å². The molecule has 34 heavy (non-hydrogen) atoms. The average molecular weight is 464 g/mol. The van der Waals surface area contributed by atoms with Crippen LogP contribution in [0.5, 0.6) is 5.75 Å². The highest BCUT2D eigenvalue weighted by Gasteiger charge is 2.39. The van der Waals surface area contributed by atoms with Crippen LogP contribution in [0.4, 0.5) is 0 Å². The van der Waals surface area contributed by atoms with Crippen molar-refractivity contribution in [2.45, 2.75) is 45.0 Å². The van der Waals surface area contributed by atoms with Crippen molar-refractivity contribution in [2.75, 3.05) is 26.3 Å². The summed E-state index contributed by atoms with van der Waals surface area (Å²) in [6.07, 6.45) is 1.35. The Morgan fingerprint density at radius 1 is 1.03 bits per heavy atom. The number of imide groups is 1. The maximum atomic E-state index is 13.1. The van der Waals surface area contributed by atoms with Crippen LogP contribution in [-0.2, 0) is 34.0 Å². The third-order valence-corrected chi connectivity index (χ3v) is 6.67. The van der Waals surface area contributed by atoms with Crippen LogP contribution < -0.4 is 10.1 Å². The van der Waals surface area contributed by atoms with Gasteiger partial charge in [-0.25, -0.2) is 0 Å². The largest absolute Gasteiger partial charge is 0.489 e. The van der Waals surface area contributed by atoms with Crippen molar-refractivity contribution in [3.63, 3.8) is 0 Å². The third kappa shape index (κ3) is 4.83. The Bertz CT molecular complexity index is 1100. The van der Waals surface area contributed by atoms with Gasteiger partial charge in [0.05, 0.1) is 19.8 Å². The highest BCUT2D eigenvalue weighted by atomic mass is 16.5. The van der Waals surface area contributed by atoms with Gasteiger partial charge in [-0.1, -0.05) is 30.3 Å². The fourth-order valence-corrected chi connectivity index (χ4v) is 4.88. The van der Waals surface area contributed by atoms with Gasteiger partial charge in [-0.2, -0.15) is 0 Å². The van der Waals surface area contributed by atoms with Crippen LogP contribution >= 0.6 is 0 Å². The zero-order valence-electron chi connectivity index (χ0n) is 19.1. The van der Waals surface area contributed by atoms with Gasteiger partial charge in [0, 0.05) is 37.2 Å². The third-order valence-electron chi connectivity index (χ3n) is 6.67. The molecule has 2 aromatic rings. The summed E-state index contributed by atoms with van der Waals surface area (Å²) in [4.78, 5) is 41.2. The second kappa shape index (κ2) is 9.95. The molecule has 2 aromatic carbocycles. The molecular weight excluding hydrogens is 434 g/mol. The number of benzene rings is 2. The molecule has 0 unspecified atom stereocenters. The maximum absolute atomic E-state index is 13.1. The molecule has 0 saturated carbocycles. The number of fused-ring (bicyclic) bond motifs is 1. The Hall–Kier alpha value is -3.23. The van der Waals surface area contributed by atoms with E-state index >= 15 is 0 Å². The van der Waals surface area contributed by atoms with E-state index in [4.69, 9.17) is 9.47 Å². The molecule has 5 rings (SSSR count). The minimum atomic E-state index is -0.643. The van der Waals surface area contributed by atoms with E-state index in [2.05, 4.69) is 22.3 Å². The second-order valence-corrected chi connectivity index (χ2v) is 9.03. The minimum Gasteiger partial charge on any atom is -0.489 e. The Morgan fingerprint density at radius 2 is 1.82 bits per heavy atom. The molecule has 178 valence electrons. The molecule has 2 saturated heterocycles. The summed E-state index contributed by atoms with van der Waals surface area (Å²) in [6.45, 7) is 5.00. The fourth-order valence-electron chi connectivity index (χ4n) is 4.88. The number of hydrogen-bond acceptors (Lipinski definition) is 6. The zero-order chi connectivity index (χ0) is 23.5. The highest BCUT2D eigenvalue weighted by molar-refractivity contribution is 6.04. The van der Waals surface area contributed by atoms with Crippen LogP contribution in [0.3, 0.4) is 0 Å². The van der Waals surface area contributed by atoms with Gasteiger partial charge < -0.3 is 14.4 Å². The normalized spacial score (nSPS) is 21.2. The van der Waals surface area contributed by atoms with E-state index in [-0.39, 0.29) is 11.8 Å². The molecule has 1 N–H and O–H groups in total. The van der Waals surface area contributed by atoms with Gasteiger partial charge in [0.25, 0.3) is 5.91 Å². The van der Waals surface area contributed by atoms with E-state index in [0.29, 0.717) is 43.7 Å². The Labute approximate surface area is 198 Å². The minimum absolute atomic E-state index is 0.192. The molecular formula is C26H29N3O5. The van der Waals surface area contributed by atoms with Crippen molar-refractivity contribution in [1.82, 2.24) is 15.1 Å². The monoisotopic (exact) mass is 463 g/mol. The van der Waals surface area contributed by atoms with Crippen molar-refractivity contribution in [3.8, 4) is 5.75 Å². The van der Waals surface area contributed by atoms with Crippen LogP contribution in [0.15, 0.2) is 42.5 Å². The lowest BCUT2D eigenvalue weighted by molar-refractivity contribution is -0.132. The number of hydrogen-bond donors (Lipinski definition) is 1. The predicted octanol–water partition coefficient (Wildman–Crippen LogP) is 2.25. The summed E-state index contributed by atoms with van der Waals surface area (Å²) >= 11 is 0. The molecule has 8 nitrogen and oxygen atoms in total. The lowest BCUT2D eigenvalue weighted by atomic mass is 10.1. The van der Waals surface area contributed by atoms with Crippen molar-refractivity contribution in [1.29, 1.82) is 0 Å². The van der Waals surface area contributed by atoms with Crippen molar-refractivity contribution in [3.05, 3.63) is 64.7 Å². The van der Waals surface area contributed by atoms with E-state index < -0.39 is 11.9 Å². The fraction of sp³-hybridized carbons (Fsp3) is 0.423. The molecule has 8 heteroatoms. The molecule has 2 fully saturated rings. The quantitative estimate of drug-likeness (QED) is 0.662. The first kappa shape index (κ1) is 22.6. The van der Waals surface area contributed by atoms with E-state index in [9.17, 15) is 14.4 Å². The summed E-state index contributed by atoms with van der Waals surface area (Å²) in [7, 11) is 0.